The van der Waals surface area contributed by atoms with E-state index in [9.17, 15) is 0 Å². The number of ether oxygens (including phenoxy) is 1. The number of halogens is 1. The van der Waals surface area contributed by atoms with Gasteiger partial charge in [0.05, 0.1) is 7.11 Å². The summed E-state index contributed by atoms with van der Waals surface area (Å²) in [6.45, 7) is 1.99. The van der Waals surface area contributed by atoms with E-state index in [2.05, 4.69) is 0 Å². The molecule has 0 heterocycles. The largest absolute Gasteiger partial charge is 0.496 e. The predicted molar refractivity (Wildman–Crippen MR) is 55.4 cm³/mol. The lowest BCUT2D eigenvalue weighted by atomic mass is 10.1. The summed E-state index contributed by atoms with van der Waals surface area (Å²) in [5, 5.41) is 0. The van der Waals surface area contributed by atoms with E-state index in [-0.39, 0.29) is 6.04 Å². The third-order valence-corrected chi connectivity index (χ3v) is 2.35. The SMILES string of the molecule is COc1ccc(C(N)CCl)cc1C. The van der Waals surface area contributed by atoms with Gasteiger partial charge in [0.25, 0.3) is 0 Å². The third kappa shape index (κ3) is 2.36. The first-order chi connectivity index (χ1) is 6.19. The molecule has 0 amide bonds. The molecule has 3 heteroatoms. The molecule has 1 atom stereocenters. The van der Waals surface area contributed by atoms with Gasteiger partial charge in [0.1, 0.15) is 5.75 Å². The zero-order valence-corrected chi connectivity index (χ0v) is 8.64. The Morgan fingerprint density at radius 2 is 2.23 bits per heavy atom. The van der Waals surface area contributed by atoms with Crippen LogP contribution in [0.15, 0.2) is 18.2 Å². The number of benzene rings is 1. The summed E-state index contributed by atoms with van der Waals surface area (Å²) < 4.78 is 5.14. The molecule has 2 nitrogen and oxygen atoms in total. The van der Waals surface area contributed by atoms with E-state index >= 15 is 0 Å². The van der Waals surface area contributed by atoms with E-state index < -0.39 is 0 Å². The van der Waals surface area contributed by atoms with E-state index in [0.717, 1.165) is 16.9 Å². The second kappa shape index (κ2) is 4.49. The molecule has 13 heavy (non-hydrogen) atoms. The van der Waals surface area contributed by atoms with Gasteiger partial charge in [-0.3, -0.25) is 0 Å². The fraction of sp³-hybridized carbons (Fsp3) is 0.400. The molecule has 2 N–H and O–H groups in total. The van der Waals surface area contributed by atoms with Crippen molar-refractivity contribution >= 4 is 11.6 Å². The maximum absolute atomic E-state index is 5.78. The number of rotatable bonds is 3. The minimum Gasteiger partial charge on any atom is -0.496 e. The maximum atomic E-state index is 5.78. The smallest absolute Gasteiger partial charge is 0.121 e. The Labute approximate surface area is 83.6 Å². The molecular weight excluding hydrogens is 186 g/mol. The van der Waals surface area contributed by atoms with Gasteiger partial charge < -0.3 is 10.5 Å². The van der Waals surface area contributed by atoms with Gasteiger partial charge in [-0.15, -0.1) is 11.6 Å². The van der Waals surface area contributed by atoms with Gasteiger partial charge in [-0.1, -0.05) is 12.1 Å². The van der Waals surface area contributed by atoms with Gasteiger partial charge in [0, 0.05) is 11.9 Å². The van der Waals surface area contributed by atoms with E-state index in [4.69, 9.17) is 22.1 Å². The number of methoxy groups -OCH3 is 1. The third-order valence-electron chi connectivity index (χ3n) is 2.01. The first kappa shape index (κ1) is 10.4. The van der Waals surface area contributed by atoms with Crippen LogP contribution in [0.4, 0.5) is 0 Å². The van der Waals surface area contributed by atoms with Crippen molar-refractivity contribution in [1.82, 2.24) is 0 Å². The van der Waals surface area contributed by atoms with Crippen molar-refractivity contribution in [2.24, 2.45) is 5.73 Å². The number of hydrogen-bond acceptors (Lipinski definition) is 2. The summed E-state index contributed by atoms with van der Waals surface area (Å²) in [6, 6.07) is 5.77. The van der Waals surface area contributed by atoms with E-state index in [0.29, 0.717) is 5.88 Å². The lowest BCUT2D eigenvalue weighted by Crippen LogP contribution is -2.11. The first-order valence-corrected chi connectivity index (χ1v) is 4.68. The van der Waals surface area contributed by atoms with Crippen molar-refractivity contribution < 1.29 is 4.74 Å². The lowest BCUT2D eigenvalue weighted by Gasteiger charge is -2.11. The molecule has 0 aliphatic heterocycles. The number of nitrogens with two attached hydrogens (primary N) is 1. The van der Waals surface area contributed by atoms with E-state index in [1.807, 2.05) is 25.1 Å². The van der Waals surface area contributed by atoms with Crippen LogP contribution in [0.3, 0.4) is 0 Å². The minimum atomic E-state index is -0.0914. The molecule has 0 bridgehead atoms. The van der Waals surface area contributed by atoms with Gasteiger partial charge in [-0.05, 0) is 24.1 Å². The highest BCUT2D eigenvalue weighted by Gasteiger charge is 2.06. The quantitative estimate of drug-likeness (QED) is 0.758. The molecule has 0 aliphatic rings. The van der Waals surface area contributed by atoms with Crippen molar-refractivity contribution in [1.29, 1.82) is 0 Å². The van der Waals surface area contributed by atoms with Crippen LogP contribution in [0.1, 0.15) is 17.2 Å². The number of aryl methyl sites for hydroxylation is 1. The van der Waals surface area contributed by atoms with Crippen LogP contribution in [-0.4, -0.2) is 13.0 Å². The Morgan fingerprint density at radius 1 is 1.54 bits per heavy atom. The van der Waals surface area contributed by atoms with Crippen molar-refractivity contribution in [3.05, 3.63) is 29.3 Å². The molecule has 1 unspecified atom stereocenters. The second-order valence-corrected chi connectivity index (χ2v) is 3.30. The van der Waals surface area contributed by atoms with Crippen LogP contribution in [0.2, 0.25) is 0 Å². The fourth-order valence-electron chi connectivity index (χ4n) is 1.22. The zero-order valence-electron chi connectivity index (χ0n) is 7.88. The fourth-order valence-corrected chi connectivity index (χ4v) is 1.40. The van der Waals surface area contributed by atoms with Gasteiger partial charge in [0.2, 0.25) is 0 Å². The van der Waals surface area contributed by atoms with Crippen molar-refractivity contribution in [3.8, 4) is 5.75 Å². The molecule has 1 aromatic carbocycles. The van der Waals surface area contributed by atoms with Gasteiger partial charge in [-0.25, -0.2) is 0 Å². The first-order valence-electron chi connectivity index (χ1n) is 4.15. The summed E-state index contributed by atoms with van der Waals surface area (Å²) in [5.74, 6) is 1.32. The second-order valence-electron chi connectivity index (χ2n) is 2.99. The summed E-state index contributed by atoms with van der Waals surface area (Å²) in [6.07, 6.45) is 0. The monoisotopic (exact) mass is 199 g/mol. The Morgan fingerprint density at radius 3 is 2.69 bits per heavy atom. The summed E-state index contributed by atoms with van der Waals surface area (Å²) in [7, 11) is 1.66. The molecule has 0 radical (unpaired) electrons. The standard InChI is InChI=1S/C10H14ClNO/c1-7-5-8(9(12)6-11)3-4-10(7)13-2/h3-5,9H,6,12H2,1-2H3. The Balaban J connectivity index is 2.95. The highest BCUT2D eigenvalue weighted by Crippen LogP contribution is 2.21. The van der Waals surface area contributed by atoms with Crippen LogP contribution in [0, 0.1) is 6.92 Å². The maximum Gasteiger partial charge on any atom is 0.121 e. The molecular formula is C10H14ClNO. The summed E-state index contributed by atoms with van der Waals surface area (Å²) in [5.41, 5.74) is 7.92. The lowest BCUT2D eigenvalue weighted by molar-refractivity contribution is 0.411. The predicted octanol–water partition coefficient (Wildman–Crippen LogP) is 2.24. The molecule has 0 aromatic heterocycles. The van der Waals surface area contributed by atoms with Gasteiger partial charge in [-0.2, -0.15) is 0 Å². The van der Waals surface area contributed by atoms with E-state index in [1.165, 1.54) is 0 Å². The average molecular weight is 200 g/mol. The van der Waals surface area contributed by atoms with Crippen LogP contribution in [-0.2, 0) is 0 Å². The van der Waals surface area contributed by atoms with Crippen molar-refractivity contribution in [2.75, 3.05) is 13.0 Å². The average Bonchev–Trinajstić information content (AvgIpc) is 2.16. The topological polar surface area (TPSA) is 35.2 Å². The Hall–Kier alpha value is -0.730. The molecule has 1 rings (SSSR count). The molecule has 0 spiro atoms. The molecule has 1 aromatic rings. The molecule has 0 saturated carbocycles. The minimum absolute atomic E-state index is 0.0914. The van der Waals surface area contributed by atoms with E-state index in [1.54, 1.807) is 7.11 Å². The van der Waals surface area contributed by atoms with Crippen LogP contribution >= 0.6 is 11.6 Å². The normalized spacial score (nSPS) is 12.6. The highest BCUT2D eigenvalue weighted by atomic mass is 35.5. The number of hydrogen-bond donors (Lipinski definition) is 1. The summed E-state index contributed by atoms with van der Waals surface area (Å²) in [4.78, 5) is 0. The van der Waals surface area contributed by atoms with Crippen molar-refractivity contribution in [2.45, 2.75) is 13.0 Å². The van der Waals surface area contributed by atoms with Crippen LogP contribution in [0.25, 0.3) is 0 Å². The Kier molecular flexibility index (Phi) is 3.58. The van der Waals surface area contributed by atoms with Crippen molar-refractivity contribution in [3.63, 3.8) is 0 Å². The highest BCUT2D eigenvalue weighted by molar-refractivity contribution is 6.18. The number of alkyl halides is 1. The van der Waals surface area contributed by atoms with Gasteiger partial charge in [0.15, 0.2) is 0 Å². The molecule has 72 valence electrons. The summed E-state index contributed by atoms with van der Waals surface area (Å²) >= 11 is 5.66. The van der Waals surface area contributed by atoms with Crippen LogP contribution in [0.5, 0.6) is 5.75 Å². The molecule has 0 saturated heterocycles. The Bertz CT molecular complexity index is 288. The van der Waals surface area contributed by atoms with Crippen LogP contribution < -0.4 is 10.5 Å². The molecule has 0 aliphatic carbocycles. The molecule has 0 fully saturated rings. The van der Waals surface area contributed by atoms with Gasteiger partial charge >= 0.3 is 0 Å². The zero-order chi connectivity index (χ0) is 9.84.